The highest BCUT2D eigenvalue weighted by molar-refractivity contribution is 5.51. The molecule has 1 fully saturated rings. The highest BCUT2D eigenvalue weighted by atomic mass is 14.4. The summed E-state index contributed by atoms with van der Waals surface area (Å²) in [6.45, 7) is 4.52. The lowest BCUT2D eigenvalue weighted by Crippen LogP contribution is -1.78. The Balaban J connectivity index is 2.21. The average molecular weight is 170 g/mol. The third-order valence-corrected chi connectivity index (χ3v) is 2.52. The van der Waals surface area contributed by atoms with Gasteiger partial charge in [0.25, 0.3) is 0 Å². The maximum absolute atomic E-state index is 3.35. The zero-order valence-corrected chi connectivity index (χ0v) is 8.17. The third-order valence-electron chi connectivity index (χ3n) is 2.52. The highest BCUT2D eigenvalue weighted by Gasteiger charge is 2.38. The number of benzene rings is 1. The summed E-state index contributed by atoms with van der Waals surface area (Å²) in [6.07, 6.45) is 3.28. The fourth-order valence-electron chi connectivity index (χ4n) is 1.36. The molecule has 1 saturated carbocycles. The molecule has 1 aromatic carbocycles. The zero-order chi connectivity index (χ0) is 9.31. The second-order valence-corrected chi connectivity index (χ2v) is 4.24. The van der Waals surface area contributed by atoms with E-state index in [1.165, 1.54) is 17.6 Å². The van der Waals surface area contributed by atoms with Crippen LogP contribution in [0.25, 0.3) is 6.08 Å². The number of rotatable bonds is 1. The average Bonchev–Trinajstić information content (AvgIpc) is 2.73. The molecule has 2 rings (SSSR count). The lowest BCUT2D eigenvalue weighted by molar-refractivity contribution is 0.687. The highest BCUT2D eigenvalue weighted by Crippen LogP contribution is 2.50. The minimum absolute atomic E-state index is 0.422. The van der Waals surface area contributed by atoms with Crippen LogP contribution in [0.2, 0.25) is 0 Å². The van der Waals surface area contributed by atoms with Crippen LogP contribution in [0, 0.1) is 5.41 Å². The first kappa shape index (κ1) is 8.34. The first-order valence-electron chi connectivity index (χ1n) is 4.70. The largest absolute Gasteiger partial charge is 0.120 e. The van der Waals surface area contributed by atoms with E-state index >= 15 is 0 Å². The molecular formula is C13H14. The molecule has 0 nitrogen and oxygen atoms in total. The predicted octanol–water partition coefficient (Wildman–Crippen LogP) is 3.66. The Hall–Kier alpha value is -1.26. The Morgan fingerprint density at radius 1 is 1.23 bits per heavy atom. The van der Waals surface area contributed by atoms with E-state index in [1.54, 1.807) is 0 Å². The van der Waals surface area contributed by atoms with Gasteiger partial charge in [0.2, 0.25) is 0 Å². The molecule has 0 atom stereocenters. The molecule has 1 aliphatic rings. The van der Waals surface area contributed by atoms with Crippen LogP contribution in [0.1, 0.15) is 25.8 Å². The van der Waals surface area contributed by atoms with Gasteiger partial charge in [-0.2, -0.15) is 0 Å². The minimum Gasteiger partial charge on any atom is -0.120 e. The predicted molar refractivity (Wildman–Crippen MR) is 56.3 cm³/mol. The van der Waals surface area contributed by atoms with Crippen molar-refractivity contribution in [3.05, 3.63) is 47.2 Å². The SMILES string of the molecule is CC1(C)CC1=C=Cc1ccccc1. The van der Waals surface area contributed by atoms with E-state index in [0.717, 1.165) is 0 Å². The van der Waals surface area contributed by atoms with Crippen molar-refractivity contribution < 1.29 is 0 Å². The quantitative estimate of drug-likeness (QED) is 0.564. The zero-order valence-electron chi connectivity index (χ0n) is 8.17. The Morgan fingerprint density at radius 3 is 2.38 bits per heavy atom. The van der Waals surface area contributed by atoms with E-state index < -0.39 is 0 Å². The molecule has 0 unspecified atom stereocenters. The molecule has 0 aromatic heterocycles. The summed E-state index contributed by atoms with van der Waals surface area (Å²) in [6, 6.07) is 10.3. The van der Waals surface area contributed by atoms with Crippen molar-refractivity contribution >= 4 is 6.08 Å². The van der Waals surface area contributed by atoms with Gasteiger partial charge in [0.1, 0.15) is 0 Å². The maximum Gasteiger partial charge on any atom is -0.00251 e. The topological polar surface area (TPSA) is 0 Å². The molecule has 0 aliphatic heterocycles. The van der Waals surface area contributed by atoms with Gasteiger partial charge in [-0.1, -0.05) is 44.2 Å². The van der Waals surface area contributed by atoms with Crippen LogP contribution in [0.3, 0.4) is 0 Å². The van der Waals surface area contributed by atoms with Crippen molar-refractivity contribution in [3.63, 3.8) is 0 Å². The summed E-state index contributed by atoms with van der Waals surface area (Å²) in [5, 5.41) is 0. The van der Waals surface area contributed by atoms with Gasteiger partial charge in [0, 0.05) is 0 Å². The van der Waals surface area contributed by atoms with Crippen LogP contribution in [0.15, 0.2) is 41.6 Å². The molecular weight excluding hydrogens is 156 g/mol. The van der Waals surface area contributed by atoms with Crippen molar-refractivity contribution in [2.75, 3.05) is 0 Å². The summed E-state index contributed by atoms with van der Waals surface area (Å²) in [4.78, 5) is 0. The normalized spacial score (nSPS) is 17.8. The van der Waals surface area contributed by atoms with Crippen molar-refractivity contribution in [2.24, 2.45) is 5.41 Å². The Labute approximate surface area is 79.6 Å². The second-order valence-electron chi connectivity index (χ2n) is 4.24. The molecule has 66 valence electrons. The lowest BCUT2D eigenvalue weighted by Gasteiger charge is -1.89. The smallest absolute Gasteiger partial charge is 0.00251 e. The van der Waals surface area contributed by atoms with Gasteiger partial charge in [-0.15, -0.1) is 5.73 Å². The maximum atomic E-state index is 3.35. The molecule has 0 saturated heterocycles. The number of hydrogen-bond acceptors (Lipinski definition) is 0. The van der Waals surface area contributed by atoms with E-state index in [-0.39, 0.29) is 0 Å². The second kappa shape index (κ2) is 2.90. The van der Waals surface area contributed by atoms with Gasteiger partial charge >= 0.3 is 0 Å². The number of hydrogen-bond donors (Lipinski definition) is 0. The lowest BCUT2D eigenvalue weighted by atomic mass is 10.2. The van der Waals surface area contributed by atoms with E-state index in [1.807, 2.05) is 6.07 Å². The molecule has 0 amide bonds. The van der Waals surface area contributed by atoms with Crippen molar-refractivity contribution in [2.45, 2.75) is 20.3 Å². The van der Waals surface area contributed by atoms with Crippen LogP contribution >= 0.6 is 0 Å². The van der Waals surface area contributed by atoms with Crippen molar-refractivity contribution in [3.8, 4) is 0 Å². The molecule has 0 heterocycles. The number of allylic oxidation sites excluding steroid dienone is 1. The monoisotopic (exact) mass is 170 g/mol. The molecule has 0 N–H and O–H groups in total. The van der Waals surface area contributed by atoms with E-state index in [4.69, 9.17) is 0 Å². The van der Waals surface area contributed by atoms with E-state index in [2.05, 4.69) is 49.9 Å². The van der Waals surface area contributed by atoms with Crippen LogP contribution in [-0.4, -0.2) is 0 Å². The third kappa shape index (κ3) is 1.91. The minimum atomic E-state index is 0.422. The molecule has 13 heavy (non-hydrogen) atoms. The molecule has 0 radical (unpaired) electrons. The first-order chi connectivity index (χ1) is 6.18. The van der Waals surface area contributed by atoms with Gasteiger partial charge in [-0.25, -0.2) is 0 Å². The van der Waals surface area contributed by atoms with Crippen LogP contribution in [0.4, 0.5) is 0 Å². The van der Waals surface area contributed by atoms with Gasteiger partial charge in [0.05, 0.1) is 0 Å². The van der Waals surface area contributed by atoms with Crippen molar-refractivity contribution in [1.82, 2.24) is 0 Å². The van der Waals surface area contributed by atoms with Crippen molar-refractivity contribution in [1.29, 1.82) is 0 Å². The molecule has 1 aromatic rings. The Morgan fingerprint density at radius 2 is 1.85 bits per heavy atom. The van der Waals surface area contributed by atoms with Gasteiger partial charge in [-0.05, 0) is 29.0 Å². The fourth-order valence-corrected chi connectivity index (χ4v) is 1.36. The summed E-state index contributed by atoms with van der Waals surface area (Å²) < 4.78 is 0. The summed E-state index contributed by atoms with van der Waals surface area (Å²) >= 11 is 0. The van der Waals surface area contributed by atoms with Gasteiger partial charge < -0.3 is 0 Å². The first-order valence-corrected chi connectivity index (χ1v) is 4.70. The van der Waals surface area contributed by atoms with Crippen LogP contribution in [0.5, 0.6) is 0 Å². The standard InChI is InChI=1S/C13H14/c1-13(2)10-12(13)9-8-11-6-4-3-5-7-11/h3-8H,10H2,1-2H3. The fraction of sp³-hybridized carbons (Fsp3) is 0.308. The van der Waals surface area contributed by atoms with Crippen LogP contribution < -0.4 is 0 Å². The van der Waals surface area contributed by atoms with E-state index in [9.17, 15) is 0 Å². The summed E-state index contributed by atoms with van der Waals surface area (Å²) in [5.41, 5.74) is 6.45. The van der Waals surface area contributed by atoms with Crippen LogP contribution in [-0.2, 0) is 0 Å². The molecule has 0 bridgehead atoms. The van der Waals surface area contributed by atoms with Gasteiger partial charge in [0.15, 0.2) is 0 Å². The summed E-state index contributed by atoms with van der Waals surface area (Å²) in [5.74, 6) is 0. The van der Waals surface area contributed by atoms with E-state index in [0.29, 0.717) is 5.41 Å². The molecule has 0 heteroatoms. The Bertz CT molecular complexity index is 362. The molecule has 0 spiro atoms. The molecule has 1 aliphatic carbocycles. The van der Waals surface area contributed by atoms with Gasteiger partial charge in [-0.3, -0.25) is 0 Å². The Kier molecular flexibility index (Phi) is 1.86. The summed E-state index contributed by atoms with van der Waals surface area (Å²) in [7, 11) is 0.